The molecule has 8 rings (SSSR count). The Morgan fingerprint density at radius 1 is 0.717 bits per heavy atom. The van der Waals surface area contributed by atoms with Crippen LogP contribution in [0.2, 0.25) is 0 Å². The van der Waals surface area contributed by atoms with Gasteiger partial charge in [-0.05, 0) is 86.5 Å². The first-order chi connectivity index (χ1) is 28.3. The summed E-state index contributed by atoms with van der Waals surface area (Å²) in [6, 6.07) is 0. The maximum absolute atomic E-state index is 12.6. The van der Waals surface area contributed by atoms with E-state index in [-0.39, 0.29) is 42.7 Å². The molecule has 0 bridgehead atoms. The van der Waals surface area contributed by atoms with E-state index in [1.807, 2.05) is 0 Å². The second-order valence-corrected chi connectivity index (χ2v) is 19.2. The summed E-state index contributed by atoms with van der Waals surface area (Å²) in [5.74, 6) is -0.185. The fraction of sp³-hybridized carbons (Fsp3) is 0.927. The number of aliphatic hydroxyl groups excluding tert-OH is 10. The van der Waals surface area contributed by atoms with Crippen molar-refractivity contribution in [3.8, 4) is 0 Å². The number of carbonyl (C=O) groups is 1. The van der Waals surface area contributed by atoms with E-state index in [4.69, 9.17) is 33.2 Å². The molecule has 342 valence electrons. The molecule has 4 saturated carbocycles. The van der Waals surface area contributed by atoms with Crippen molar-refractivity contribution >= 4 is 5.97 Å². The Balaban J connectivity index is 0.876. The second kappa shape index (κ2) is 16.8. The lowest BCUT2D eigenvalue weighted by Crippen LogP contribution is -2.66. The van der Waals surface area contributed by atoms with Gasteiger partial charge in [-0.2, -0.15) is 0 Å². The summed E-state index contributed by atoms with van der Waals surface area (Å²) in [7, 11) is 0. The standard InChI is InChI=1S/C41H64O19/c1-16-35(60-38-33(51)30(48)28(46)24(59-38)15-55-36-32(50)29(47)27(45)23(13-42)58-36)31(49)34(52)37(56-16)57-19-11-18-4-5-22-21(40(18,3)25(43)12-19)6-8-39(2)20(7-9-41(22,39)53)17-10-26(44)54-14-17/h10,16,18-25,27-38,42-43,45-53H,4-9,11-15H2,1-3H3/t16-,18+,19+,20?,21?,22?,23+,24+,25+,27+,28+,29-,30-,31-,32+,33+,34+,35-,36+,37-,38-,39+,40-,41-/m0/s1. The summed E-state index contributed by atoms with van der Waals surface area (Å²) in [4.78, 5) is 11.9. The predicted octanol–water partition coefficient (Wildman–Crippen LogP) is -2.92. The molecular weight excluding hydrogens is 796 g/mol. The first kappa shape index (κ1) is 45.1. The van der Waals surface area contributed by atoms with Crippen LogP contribution in [0, 0.1) is 34.5 Å². The summed E-state index contributed by atoms with van der Waals surface area (Å²) in [6.07, 6.45) is -17.8. The van der Waals surface area contributed by atoms with Gasteiger partial charge in [-0.15, -0.1) is 0 Å². The van der Waals surface area contributed by atoms with Crippen LogP contribution in [-0.2, 0) is 38.0 Å². The van der Waals surface area contributed by atoms with Crippen LogP contribution in [0.3, 0.4) is 0 Å². The molecule has 24 atom stereocenters. The molecule has 4 aliphatic heterocycles. The van der Waals surface area contributed by atoms with Gasteiger partial charge < -0.3 is 89.3 Å². The van der Waals surface area contributed by atoms with Crippen LogP contribution in [-0.4, -0.2) is 192 Å². The van der Waals surface area contributed by atoms with Crippen LogP contribution in [0.15, 0.2) is 11.6 Å². The molecule has 0 radical (unpaired) electrons. The van der Waals surface area contributed by atoms with Gasteiger partial charge in [0.2, 0.25) is 0 Å². The van der Waals surface area contributed by atoms with Gasteiger partial charge in [0.1, 0.15) is 73.8 Å². The molecule has 4 heterocycles. The van der Waals surface area contributed by atoms with Crippen molar-refractivity contribution in [1.29, 1.82) is 0 Å². The molecule has 0 aromatic carbocycles. The van der Waals surface area contributed by atoms with E-state index in [1.54, 1.807) is 13.0 Å². The van der Waals surface area contributed by atoms with Gasteiger partial charge in [-0.1, -0.05) is 13.8 Å². The smallest absolute Gasteiger partial charge is 0.331 e. The van der Waals surface area contributed by atoms with Crippen molar-refractivity contribution in [3.63, 3.8) is 0 Å². The van der Waals surface area contributed by atoms with E-state index < -0.39 is 134 Å². The van der Waals surface area contributed by atoms with Crippen LogP contribution in [0.1, 0.15) is 72.1 Å². The third kappa shape index (κ3) is 7.30. The normalized spacial score (nSPS) is 55.7. The van der Waals surface area contributed by atoms with Crippen LogP contribution in [0.25, 0.3) is 0 Å². The zero-order chi connectivity index (χ0) is 43.2. The van der Waals surface area contributed by atoms with Gasteiger partial charge in [0.15, 0.2) is 18.9 Å². The number of hydrogen-bond donors (Lipinski definition) is 11. The molecule has 0 aromatic heterocycles. The number of fused-ring (bicyclic) bond motifs is 5. The van der Waals surface area contributed by atoms with Gasteiger partial charge in [0.05, 0.1) is 37.1 Å². The zero-order valence-corrected chi connectivity index (χ0v) is 34.2. The Kier molecular flexibility index (Phi) is 12.7. The molecule has 0 spiro atoms. The van der Waals surface area contributed by atoms with Gasteiger partial charge >= 0.3 is 5.97 Å². The van der Waals surface area contributed by atoms with Crippen LogP contribution >= 0.6 is 0 Å². The zero-order valence-electron chi connectivity index (χ0n) is 34.2. The minimum Gasteiger partial charge on any atom is -0.458 e. The average Bonchev–Trinajstić information content (AvgIpc) is 3.77. The van der Waals surface area contributed by atoms with E-state index in [2.05, 4.69) is 13.8 Å². The highest BCUT2D eigenvalue weighted by molar-refractivity contribution is 5.85. The number of hydrogen-bond acceptors (Lipinski definition) is 19. The van der Waals surface area contributed by atoms with Crippen LogP contribution < -0.4 is 0 Å². The van der Waals surface area contributed by atoms with Gasteiger partial charge in [-0.25, -0.2) is 4.79 Å². The first-order valence-electron chi connectivity index (χ1n) is 21.6. The SMILES string of the molecule is C[C@@H]1O[C@@H](O[C@@H]2C[C@H]3CCC4C(CC[C@]5(C)C(C6=CC(=O)OC6)CC[C@]45O)[C@@]3(C)[C@H](O)C2)[C@H](O)[C@H](O)[C@H]1O[C@@H]1O[C@H](CO[C@@H]2O[C@H](CO)[C@@H](O)[C@H](O)[C@H]2O)[C@@H](O)[C@H](O)[C@H]1O. The minimum absolute atomic E-state index is 0.0223. The molecule has 3 saturated heterocycles. The molecule has 19 heteroatoms. The maximum Gasteiger partial charge on any atom is 0.331 e. The number of aliphatic hydroxyl groups is 11. The molecule has 3 unspecified atom stereocenters. The van der Waals surface area contributed by atoms with Gasteiger partial charge in [0, 0.05) is 17.9 Å². The lowest BCUT2D eigenvalue weighted by molar-refractivity contribution is -0.366. The third-order valence-corrected chi connectivity index (χ3v) is 16.4. The highest BCUT2D eigenvalue weighted by atomic mass is 16.8. The summed E-state index contributed by atoms with van der Waals surface area (Å²) in [5, 5.41) is 119. The number of carbonyl (C=O) groups excluding carboxylic acids is 1. The summed E-state index contributed by atoms with van der Waals surface area (Å²) in [6.45, 7) is 4.82. The highest BCUT2D eigenvalue weighted by Crippen LogP contribution is 2.70. The second-order valence-electron chi connectivity index (χ2n) is 19.2. The van der Waals surface area contributed by atoms with E-state index in [9.17, 15) is 61.0 Å². The highest BCUT2D eigenvalue weighted by Gasteiger charge is 2.69. The Bertz CT molecular complexity index is 1580. The quantitative estimate of drug-likeness (QED) is 0.0817. The average molecular weight is 861 g/mol. The van der Waals surface area contributed by atoms with E-state index >= 15 is 0 Å². The Morgan fingerprint density at radius 2 is 1.37 bits per heavy atom. The fourth-order valence-electron chi connectivity index (χ4n) is 12.8. The van der Waals surface area contributed by atoms with Crippen molar-refractivity contribution in [2.24, 2.45) is 34.5 Å². The monoisotopic (exact) mass is 860 g/mol. The Hall–Kier alpha value is -1.47. The van der Waals surface area contributed by atoms with Crippen molar-refractivity contribution in [3.05, 3.63) is 11.6 Å². The van der Waals surface area contributed by atoms with Crippen molar-refractivity contribution < 1.29 is 94.1 Å². The molecule has 11 N–H and O–H groups in total. The van der Waals surface area contributed by atoms with E-state index in [0.29, 0.717) is 12.8 Å². The molecule has 4 aliphatic carbocycles. The predicted molar refractivity (Wildman–Crippen MR) is 200 cm³/mol. The molecule has 0 amide bonds. The van der Waals surface area contributed by atoms with Crippen molar-refractivity contribution in [2.75, 3.05) is 19.8 Å². The van der Waals surface area contributed by atoms with Crippen LogP contribution in [0.4, 0.5) is 0 Å². The Labute approximate surface area is 347 Å². The molecule has 0 aromatic rings. The van der Waals surface area contributed by atoms with E-state index in [1.165, 1.54) is 0 Å². The van der Waals surface area contributed by atoms with Crippen LogP contribution in [0.5, 0.6) is 0 Å². The number of cyclic esters (lactones) is 1. The Morgan fingerprint density at radius 3 is 2.05 bits per heavy atom. The molecule has 7 fully saturated rings. The number of ether oxygens (including phenoxy) is 7. The lowest BCUT2D eigenvalue weighted by atomic mass is 9.42. The number of esters is 1. The number of rotatable bonds is 9. The summed E-state index contributed by atoms with van der Waals surface area (Å²) in [5.41, 5.74) is -0.897. The molecular formula is C41H64O19. The van der Waals surface area contributed by atoms with Crippen molar-refractivity contribution in [2.45, 2.75) is 182 Å². The minimum atomic E-state index is -1.84. The molecule has 60 heavy (non-hydrogen) atoms. The van der Waals surface area contributed by atoms with Crippen molar-refractivity contribution in [1.82, 2.24) is 0 Å². The fourth-order valence-corrected chi connectivity index (χ4v) is 12.8. The van der Waals surface area contributed by atoms with E-state index in [0.717, 1.165) is 37.7 Å². The molecule has 19 nitrogen and oxygen atoms in total. The third-order valence-electron chi connectivity index (χ3n) is 16.4. The van der Waals surface area contributed by atoms with Gasteiger partial charge in [-0.3, -0.25) is 0 Å². The summed E-state index contributed by atoms with van der Waals surface area (Å²) < 4.78 is 40.0. The molecule has 8 aliphatic rings. The summed E-state index contributed by atoms with van der Waals surface area (Å²) >= 11 is 0. The van der Waals surface area contributed by atoms with Gasteiger partial charge in [0.25, 0.3) is 0 Å². The topological polar surface area (TPSA) is 304 Å². The first-order valence-corrected chi connectivity index (χ1v) is 21.6. The lowest BCUT2D eigenvalue weighted by Gasteiger charge is -2.64. The largest absolute Gasteiger partial charge is 0.458 e. The maximum atomic E-state index is 12.6.